The summed E-state index contributed by atoms with van der Waals surface area (Å²) < 4.78 is 6.37. The van der Waals surface area contributed by atoms with Crippen LogP contribution in [0.5, 0.6) is 5.75 Å². The summed E-state index contributed by atoms with van der Waals surface area (Å²) in [7, 11) is 0. The fraction of sp³-hybridized carbons (Fsp3) is 0.600. The number of piperazine rings is 1. The summed E-state index contributed by atoms with van der Waals surface area (Å²) in [6.45, 7) is 19.3. The molecule has 3 aliphatic rings. The van der Waals surface area contributed by atoms with Crippen molar-refractivity contribution in [1.82, 2.24) is 14.7 Å². The van der Waals surface area contributed by atoms with Gasteiger partial charge < -0.3 is 14.5 Å². The molecule has 2 fully saturated rings. The van der Waals surface area contributed by atoms with Gasteiger partial charge >= 0.3 is 0 Å². The molecule has 224 valence electrons. The Labute approximate surface area is 248 Å². The number of carbonyl (C=O) groups excluding carboxylic acids is 2. The van der Waals surface area contributed by atoms with Gasteiger partial charge in [-0.05, 0) is 89.3 Å². The molecule has 0 bridgehead atoms. The van der Waals surface area contributed by atoms with Crippen LogP contribution in [0, 0.1) is 5.92 Å². The molecule has 1 aromatic rings. The molecule has 6 heteroatoms. The van der Waals surface area contributed by atoms with Crippen LogP contribution in [0.15, 0.2) is 54.2 Å². The van der Waals surface area contributed by atoms with Gasteiger partial charge in [0.15, 0.2) is 5.78 Å². The lowest BCUT2D eigenvalue weighted by Crippen LogP contribution is -2.47. The summed E-state index contributed by atoms with van der Waals surface area (Å²) in [6.07, 6.45) is 14.0. The van der Waals surface area contributed by atoms with Crippen molar-refractivity contribution in [3.8, 4) is 5.75 Å². The topological polar surface area (TPSA) is 53.1 Å². The van der Waals surface area contributed by atoms with Crippen LogP contribution in [0.3, 0.4) is 0 Å². The zero-order chi connectivity index (χ0) is 29.4. The predicted octanol–water partition coefficient (Wildman–Crippen LogP) is 6.42. The third kappa shape index (κ3) is 9.14. The maximum Gasteiger partial charge on any atom is 0.255 e. The van der Waals surface area contributed by atoms with Crippen molar-refractivity contribution in [3.05, 3.63) is 65.3 Å². The molecule has 41 heavy (non-hydrogen) atoms. The van der Waals surface area contributed by atoms with Crippen molar-refractivity contribution in [2.45, 2.75) is 91.3 Å². The van der Waals surface area contributed by atoms with Crippen LogP contribution in [0.2, 0.25) is 0 Å². The third-order valence-electron chi connectivity index (χ3n) is 8.59. The Hall–Kier alpha value is -2.70. The van der Waals surface area contributed by atoms with Gasteiger partial charge in [-0.3, -0.25) is 14.5 Å². The van der Waals surface area contributed by atoms with Crippen LogP contribution in [0.1, 0.15) is 88.6 Å². The van der Waals surface area contributed by atoms with Gasteiger partial charge in [0, 0.05) is 50.4 Å². The second kappa shape index (κ2) is 15.0. The Balaban J connectivity index is 1.26. The fourth-order valence-corrected chi connectivity index (χ4v) is 5.99. The summed E-state index contributed by atoms with van der Waals surface area (Å²) in [5, 5.41) is 0. The van der Waals surface area contributed by atoms with Gasteiger partial charge in [-0.1, -0.05) is 36.8 Å². The van der Waals surface area contributed by atoms with Crippen molar-refractivity contribution in [2.24, 2.45) is 5.92 Å². The van der Waals surface area contributed by atoms with Crippen molar-refractivity contribution >= 4 is 11.7 Å². The highest BCUT2D eigenvalue weighted by Gasteiger charge is 2.36. The summed E-state index contributed by atoms with van der Waals surface area (Å²) in [5.74, 6) is 1.66. The van der Waals surface area contributed by atoms with Crippen LogP contribution in [-0.4, -0.2) is 77.8 Å². The van der Waals surface area contributed by atoms with E-state index in [1.165, 1.54) is 38.0 Å². The maximum atomic E-state index is 13.2. The number of allylic oxidation sites excluding steroid dienone is 3. The molecular weight excluding hydrogens is 510 g/mol. The Morgan fingerprint density at radius 2 is 1.85 bits per heavy atom. The van der Waals surface area contributed by atoms with E-state index in [-0.39, 0.29) is 17.8 Å². The molecule has 1 saturated carbocycles. The number of rotatable bonds is 16. The summed E-state index contributed by atoms with van der Waals surface area (Å²) >= 11 is 0. The molecule has 2 unspecified atom stereocenters. The van der Waals surface area contributed by atoms with Crippen LogP contribution < -0.4 is 4.74 Å². The van der Waals surface area contributed by atoms with Crippen molar-refractivity contribution in [1.29, 1.82) is 0 Å². The standard InChI is InChI=1S/C35H51N3O3/c1-6-10-29(23-36-19-21-37(22-20-36)24-30-16-17-30)12-8-7-11-27(4)41-34-14-9-13-31-32(34)25-38(35(31)40)33(28(5)39)18-15-26(2)3/h8-10,12-14,27,30,33H,2,6-7,11,15-25H2,1,3-5H3/b12-8-,29-10+. The number of amides is 1. The van der Waals surface area contributed by atoms with E-state index >= 15 is 0 Å². The molecule has 1 saturated heterocycles. The Kier molecular flexibility index (Phi) is 11.4. The minimum Gasteiger partial charge on any atom is -0.490 e. The van der Waals surface area contributed by atoms with Gasteiger partial charge in [-0.15, -0.1) is 6.58 Å². The van der Waals surface area contributed by atoms with Gasteiger partial charge in [-0.2, -0.15) is 0 Å². The monoisotopic (exact) mass is 561 g/mol. The largest absolute Gasteiger partial charge is 0.490 e. The van der Waals surface area contributed by atoms with Gasteiger partial charge in [0.2, 0.25) is 0 Å². The summed E-state index contributed by atoms with van der Waals surface area (Å²) in [4.78, 5) is 32.6. The first kappa shape index (κ1) is 31.2. The molecule has 0 aromatic heterocycles. The first-order valence-electron chi connectivity index (χ1n) is 15.8. The highest BCUT2D eigenvalue weighted by atomic mass is 16.5. The van der Waals surface area contributed by atoms with E-state index in [1.54, 1.807) is 11.8 Å². The van der Waals surface area contributed by atoms with Crippen LogP contribution in [-0.2, 0) is 11.3 Å². The maximum absolute atomic E-state index is 13.2. The molecule has 0 N–H and O–H groups in total. The molecule has 0 radical (unpaired) electrons. The lowest BCUT2D eigenvalue weighted by Gasteiger charge is -2.35. The third-order valence-corrected chi connectivity index (χ3v) is 8.59. The van der Waals surface area contributed by atoms with Gasteiger partial charge in [0.1, 0.15) is 5.75 Å². The molecule has 6 nitrogen and oxygen atoms in total. The second-order valence-electron chi connectivity index (χ2n) is 12.5. The second-order valence-corrected chi connectivity index (χ2v) is 12.5. The van der Waals surface area contributed by atoms with E-state index in [9.17, 15) is 9.59 Å². The molecule has 2 heterocycles. The van der Waals surface area contributed by atoms with Gasteiger partial charge in [-0.25, -0.2) is 0 Å². The van der Waals surface area contributed by atoms with Gasteiger partial charge in [0.05, 0.1) is 18.7 Å². The average Bonchev–Trinajstić information content (AvgIpc) is 3.69. The van der Waals surface area contributed by atoms with Crippen molar-refractivity contribution in [3.63, 3.8) is 0 Å². The number of fused-ring (bicyclic) bond motifs is 1. The minimum atomic E-state index is -0.431. The number of ether oxygens (including phenoxy) is 1. The first-order chi connectivity index (χ1) is 19.7. The molecule has 1 amide bonds. The quantitative estimate of drug-likeness (QED) is 0.172. The fourth-order valence-electron chi connectivity index (χ4n) is 5.99. The molecule has 0 spiro atoms. The average molecular weight is 562 g/mol. The SMILES string of the molecule is C=C(C)CCC(C(C)=O)N1Cc2c(OC(C)CC/C=C\C(=C/CC)CN3CCN(CC4CC4)CC3)cccc2C1=O. The van der Waals surface area contributed by atoms with Crippen LogP contribution in [0.4, 0.5) is 0 Å². The molecular formula is C35H51N3O3. The zero-order valence-corrected chi connectivity index (χ0v) is 25.9. The highest BCUT2D eigenvalue weighted by Crippen LogP contribution is 2.34. The molecule has 4 rings (SSSR count). The van der Waals surface area contributed by atoms with Crippen LogP contribution in [0.25, 0.3) is 0 Å². The first-order valence-corrected chi connectivity index (χ1v) is 15.8. The van der Waals surface area contributed by atoms with E-state index in [1.807, 2.05) is 25.1 Å². The Morgan fingerprint density at radius 3 is 2.51 bits per heavy atom. The lowest BCUT2D eigenvalue weighted by atomic mass is 10.0. The number of ketones is 1. The summed E-state index contributed by atoms with van der Waals surface area (Å²) in [6, 6.07) is 5.25. The Morgan fingerprint density at radius 1 is 1.12 bits per heavy atom. The van der Waals surface area contributed by atoms with E-state index in [2.05, 4.69) is 48.5 Å². The van der Waals surface area contributed by atoms with Crippen LogP contribution >= 0.6 is 0 Å². The number of carbonyl (C=O) groups is 2. The van der Waals surface area contributed by atoms with E-state index in [4.69, 9.17) is 4.74 Å². The van der Waals surface area contributed by atoms with E-state index < -0.39 is 6.04 Å². The number of nitrogens with zero attached hydrogens (tertiary/aromatic N) is 3. The number of hydrogen-bond donors (Lipinski definition) is 0. The molecule has 1 aliphatic carbocycles. The van der Waals surface area contributed by atoms with Crippen molar-refractivity contribution in [2.75, 3.05) is 39.3 Å². The van der Waals surface area contributed by atoms with Crippen molar-refractivity contribution < 1.29 is 14.3 Å². The smallest absolute Gasteiger partial charge is 0.255 e. The number of Topliss-reactive ketones (excluding diaryl/α,β-unsaturated/α-hetero) is 1. The van der Waals surface area contributed by atoms with Gasteiger partial charge in [0.25, 0.3) is 5.91 Å². The normalized spacial score (nSPS) is 20.0. The predicted molar refractivity (Wildman–Crippen MR) is 167 cm³/mol. The highest BCUT2D eigenvalue weighted by molar-refractivity contribution is 6.01. The lowest BCUT2D eigenvalue weighted by molar-refractivity contribution is -0.121. The van der Waals surface area contributed by atoms with E-state index in [0.717, 1.165) is 68.1 Å². The molecule has 2 atom stereocenters. The zero-order valence-electron chi connectivity index (χ0n) is 25.9. The molecule has 2 aliphatic heterocycles. The Bertz CT molecular complexity index is 1130. The van der Waals surface area contributed by atoms with E-state index in [0.29, 0.717) is 18.5 Å². The molecule has 1 aromatic carbocycles. The minimum absolute atomic E-state index is 0.0143. The number of hydrogen-bond acceptors (Lipinski definition) is 5. The summed E-state index contributed by atoms with van der Waals surface area (Å²) in [5.41, 5.74) is 3.97. The number of benzene rings is 1.